The minimum absolute atomic E-state index is 0.0942. The minimum Gasteiger partial charge on any atom is -0.370 e. The lowest BCUT2D eigenvalue weighted by molar-refractivity contribution is 0.0956. The number of rotatable bonds is 9. The van der Waals surface area contributed by atoms with Gasteiger partial charge in [-0.05, 0) is 30.3 Å². The first-order valence-corrected chi connectivity index (χ1v) is 9.64. The summed E-state index contributed by atoms with van der Waals surface area (Å²) in [6.07, 6.45) is -0.458. The summed E-state index contributed by atoms with van der Waals surface area (Å²) < 4.78 is 10.8. The lowest BCUT2D eigenvalue weighted by atomic mass is 10.1. The van der Waals surface area contributed by atoms with Crippen molar-refractivity contribution in [1.82, 2.24) is 5.32 Å². The number of nitrogens with one attached hydrogen (secondary N) is 1. The SMILES string of the molecule is [CH2]CN(CCBr)c1ccc(N=O)cc1C(=O)NCCP(=O)(O)O. The monoisotopic (exact) mass is 406 g/mol. The van der Waals surface area contributed by atoms with Crippen molar-refractivity contribution < 1.29 is 19.1 Å². The van der Waals surface area contributed by atoms with Crippen LogP contribution < -0.4 is 10.2 Å². The molecular weight excluding hydrogens is 389 g/mol. The molecule has 1 radical (unpaired) electrons. The average Bonchev–Trinajstić information content (AvgIpc) is 2.50. The molecule has 0 aliphatic carbocycles. The first-order valence-electron chi connectivity index (χ1n) is 6.72. The number of alkyl halides is 1. The van der Waals surface area contributed by atoms with E-state index in [0.29, 0.717) is 24.1 Å². The maximum absolute atomic E-state index is 12.3. The molecule has 0 saturated heterocycles. The summed E-state index contributed by atoms with van der Waals surface area (Å²) in [6.45, 7) is 4.63. The van der Waals surface area contributed by atoms with E-state index < -0.39 is 19.7 Å². The second kappa shape index (κ2) is 9.12. The molecule has 127 valence electrons. The molecule has 0 bridgehead atoms. The van der Waals surface area contributed by atoms with Gasteiger partial charge in [-0.15, -0.1) is 4.91 Å². The number of carbonyl (C=O) groups is 1. The Hall–Kier alpha value is -1.28. The van der Waals surface area contributed by atoms with Crippen LogP contribution >= 0.6 is 23.5 Å². The normalized spacial score (nSPS) is 11.1. The average molecular weight is 407 g/mol. The van der Waals surface area contributed by atoms with Crippen LogP contribution in [0.4, 0.5) is 11.4 Å². The quantitative estimate of drug-likeness (QED) is 0.328. The second-order valence-electron chi connectivity index (χ2n) is 4.61. The molecular formula is C13H18BrN3O5P. The third-order valence-electron chi connectivity index (χ3n) is 2.98. The fourth-order valence-corrected chi connectivity index (χ4v) is 2.73. The molecule has 0 heterocycles. The van der Waals surface area contributed by atoms with Gasteiger partial charge in [0.1, 0.15) is 5.69 Å². The van der Waals surface area contributed by atoms with Gasteiger partial charge >= 0.3 is 7.60 Å². The Balaban J connectivity index is 3.02. The third-order valence-corrected chi connectivity index (χ3v) is 4.14. The first kappa shape index (κ1) is 19.8. The molecule has 0 aliphatic rings. The van der Waals surface area contributed by atoms with Crippen LogP contribution in [0.2, 0.25) is 0 Å². The summed E-state index contributed by atoms with van der Waals surface area (Å²) in [5.41, 5.74) is 0.870. The van der Waals surface area contributed by atoms with Crippen molar-refractivity contribution in [3.05, 3.63) is 35.6 Å². The fourth-order valence-electron chi connectivity index (χ4n) is 1.90. The predicted octanol–water partition coefficient (Wildman–Crippen LogP) is 2.03. The summed E-state index contributed by atoms with van der Waals surface area (Å²) in [5.74, 6) is -0.535. The molecule has 0 saturated carbocycles. The number of halogens is 1. The minimum atomic E-state index is -4.19. The van der Waals surface area contributed by atoms with Gasteiger partial charge in [0.25, 0.3) is 5.91 Å². The van der Waals surface area contributed by atoms with Gasteiger partial charge in [-0.3, -0.25) is 9.36 Å². The second-order valence-corrected chi connectivity index (χ2v) is 7.18. The highest BCUT2D eigenvalue weighted by atomic mass is 79.9. The molecule has 1 aromatic rings. The van der Waals surface area contributed by atoms with Gasteiger partial charge in [0.05, 0.1) is 11.7 Å². The molecule has 0 fully saturated rings. The van der Waals surface area contributed by atoms with Gasteiger partial charge in [0.15, 0.2) is 0 Å². The summed E-state index contributed by atoms with van der Waals surface area (Å²) in [6, 6.07) is 4.43. The zero-order valence-electron chi connectivity index (χ0n) is 12.3. The Morgan fingerprint density at radius 3 is 2.65 bits per heavy atom. The molecule has 0 atom stereocenters. The van der Waals surface area contributed by atoms with Crippen LogP contribution in [0.1, 0.15) is 10.4 Å². The molecule has 23 heavy (non-hydrogen) atoms. The molecule has 3 N–H and O–H groups in total. The number of amides is 1. The van der Waals surface area contributed by atoms with Crippen molar-refractivity contribution in [2.24, 2.45) is 5.18 Å². The van der Waals surface area contributed by atoms with Gasteiger partial charge in [-0.25, -0.2) is 0 Å². The Bertz CT molecular complexity index is 607. The third kappa shape index (κ3) is 6.39. The first-order chi connectivity index (χ1) is 10.8. The van der Waals surface area contributed by atoms with Crippen LogP contribution in [-0.2, 0) is 4.57 Å². The van der Waals surface area contributed by atoms with E-state index >= 15 is 0 Å². The molecule has 1 rings (SSSR count). The van der Waals surface area contributed by atoms with Crippen LogP contribution in [-0.4, -0.2) is 46.8 Å². The van der Waals surface area contributed by atoms with Crippen molar-refractivity contribution in [1.29, 1.82) is 0 Å². The van der Waals surface area contributed by atoms with Crippen LogP contribution in [0.25, 0.3) is 0 Å². The van der Waals surface area contributed by atoms with Crippen LogP contribution in [0.3, 0.4) is 0 Å². The van der Waals surface area contributed by atoms with Crippen molar-refractivity contribution in [3.63, 3.8) is 0 Å². The van der Waals surface area contributed by atoms with E-state index in [9.17, 15) is 14.3 Å². The molecule has 0 aliphatic heterocycles. The lowest BCUT2D eigenvalue weighted by Crippen LogP contribution is -2.31. The molecule has 1 aromatic carbocycles. The predicted molar refractivity (Wildman–Crippen MR) is 92.5 cm³/mol. The maximum Gasteiger partial charge on any atom is 0.327 e. The zero-order chi connectivity index (χ0) is 17.5. The number of benzene rings is 1. The van der Waals surface area contributed by atoms with Crippen LogP contribution in [0.5, 0.6) is 0 Å². The van der Waals surface area contributed by atoms with Gasteiger partial charge in [-0.1, -0.05) is 15.9 Å². The van der Waals surface area contributed by atoms with E-state index in [1.807, 2.05) is 4.90 Å². The van der Waals surface area contributed by atoms with E-state index in [1.165, 1.54) is 12.1 Å². The van der Waals surface area contributed by atoms with E-state index in [-0.39, 0.29) is 17.8 Å². The zero-order valence-corrected chi connectivity index (χ0v) is 14.8. The standard InChI is InChI=1S/C13H18BrN3O5P/c1-2-17(7-5-14)12-4-3-10(16-19)9-11(12)13(18)15-6-8-23(20,21)22/h3-4,9H,1-2,5-8H2,(H,15,18)(H2,20,21,22). The largest absolute Gasteiger partial charge is 0.370 e. The smallest absolute Gasteiger partial charge is 0.327 e. The van der Waals surface area contributed by atoms with Crippen LogP contribution in [0.15, 0.2) is 23.4 Å². The number of nitroso groups, excluding NO2 is 1. The highest BCUT2D eigenvalue weighted by Gasteiger charge is 2.18. The highest BCUT2D eigenvalue weighted by Crippen LogP contribution is 2.33. The van der Waals surface area contributed by atoms with Gasteiger partial charge in [0, 0.05) is 30.7 Å². The number of hydrogen-bond acceptors (Lipinski definition) is 5. The van der Waals surface area contributed by atoms with E-state index in [4.69, 9.17) is 9.79 Å². The van der Waals surface area contributed by atoms with Gasteiger partial charge < -0.3 is 20.0 Å². The Morgan fingerprint density at radius 1 is 1.43 bits per heavy atom. The summed E-state index contributed by atoms with van der Waals surface area (Å²) in [4.78, 5) is 42.4. The molecule has 0 unspecified atom stereocenters. The van der Waals surface area contributed by atoms with E-state index in [2.05, 4.69) is 33.3 Å². The van der Waals surface area contributed by atoms with Crippen molar-refractivity contribution >= 4 is 40.8 Å². The van der Waals surface area contributed by atoms with Gasteiger partial charge in [-0.2, -0.15) is 0 Å². The van der Waals surface area contributed by atoms with E-state index in [1.54, 1.807) is 6.07 Å². The fraction of sp³-hybridized carbons (Fsp3) is 0.385. The Kier molecular flexibility index (Phi) is 7.84. The maximum atomic E-state index is 12.3. The number of hydrogen-bond donors (Lipinski definition) is 3. The Morgan fingerprint density at radius 2 is 2.13 bits per heavy atom. The summed E-state index contributed by atoms with van der Waals surface area (Å²) in [5, 5.41) is 5.90. The number of carbonyl (C=O) groups excluding carboxylic acids is 1. The Labute approximate surface area is 142 Å². The van der Waals surface area contributed by atoms with Crippen LogP contribution in [0, 0.1) is 11.8 Å². The molecule has 0 spiro atoms. The topological polar surface area (TPSA) is 119 Å². The van der Waals surface area contributed by atoms with E-state index in [0.717, 1.165) is 0 Å². The summed E-state index contributed by atoms with van der Waals surface area (Å²) >= 11 is 3.32. The molecule has 10 heteroatoms. The number of anilines is 1. The molecule has 8 nitrogen and oxygen atoms in total. The van der Waals surface area contributed by atoms with Crippen molar-refractivity contribution in [2.75, 3.05) is 36.0 Å². The summed E-state index contributed by atoms with van der Waals surface area (Å²) in [7, 11) is -4.19. The lowest BCUT2D eigenvalue weighted by Gasteiger charge is -2.24. The van der Waals surface area contributed by atoms with Crippen molar-refractivity contribution in [2.45, 2.75) is 0 Å². The molecule has 0 aromatic heterocycles. The number of nitrogens with zero attached hydrogens (tertiary/aromatic N) is 2. The molecule has 1 amide bonds. The highest BCUT2D eigenvalue weighted by molar-refractivity contribution is 9.09. The van der Waals surface area contributed by atoms with Gasteiger partial charge in [0.2, 0.25) is 0 Å². The van der Waals surface area contributed by atoms with Crippen molar-refractivity contribution in [3.8, 4) is 0 Å².